The number of hydrogen-bond donors (Lipinski definition) is 1. The molecule has 37 heavy (non-hydrogen) atoms. The summed E-state index contributed by atoms with van der Waals surface area (Å²) in [5.41, 5.74) is 9.32. The Morgan fingerprint density at radius 2 is 1.81 bits per heavy atom. The molecule has 0 spiro atoms. The second-order valence-electron chi connectivity index (χ2n) is 10.7. The van der Waals surface area contributed by atoms with E-state index in [1.807, 2.05) is 18.3 Å². The number of aryl methyl sites for hydroxylation is 1. The van der Waals surface area contributed by atoms with Gasteiger partial charge in [0.25, 0.3) is 0 Å². The minimum Gasteiger partial charge on any atom is -0.378 e. The number of likely N-dealkylation sites (tertiary alicyclic amines) is 1. The predicted molar refractivity (Wildman–Crippen MR) is 149 cm³/mol. The van der Waals surface area contributed by atoms with E-state index in [0.717, 1.165) is 48.7 Å². The van der Waals surface area contributed by atoms with E-state index < -0.39 is 0 Å². The van der Waals surface area contributed by atoms with Crippen molar-refractivity contribution >= 4 is 5.70 Å². The van der Waals surface area contributed by atoms with Crippen molar-refractivity contribution in [1.29, 1.82) is 5.26 Å². The monoisotopic (exact) mass is 494 g/mol. The molecule has 2 aromatic carbocycles. The molecule has 5 nitrogen and oxygen atoms in total. The zero-order valence-electron chi connectivity index (χ0n) is 22.2. The lowest BCUT2D eigenvalue weighted by Gasteiger charge is -2.36. The van der Waals surface area contributed by atoms with E-state index in [9.17, 15) is 0 Å². The molecule has 1 saturated heterocycles. The predicted octanol–water partition coefficient (Wildman–Crippen LogP) is 7.30. The van der Waals surface area contributed by atoms with E-state index in [1.165, 1.54) is 59.9 Å². The van der Waals surface area contributed by atoms with Gasteiger partial charge in [0, 0.05) is 37.0 Å². The van der Waals surface area contributed by atoms with Gasteiger partial charge in [0.15, 0.2) is 0 Å². The summed E-state index contributed by atoms with van der Waals surface area (Å²) in [5.74, 6) is 2.05. The van der Waals surface area contributed by atoms with Crippen molar-refractivity contribution in [3.05, 3.63) is 82.7 Å². The molecule has 0 unspecified atom stereocenters. The van der Waals surface area contributed by atoms with Crippen molar-refractivity contribution in [2.45, 2.75) is 70.3 Å². The van der Waals surface area contributed by atoms with Gasteiger partial charge in [-0.25, -0.2) is 4.98 Å². The average Bonchev–Trinajstić information content (AvgIpc) is 3.42. The van der Waals surface area contributed by atoms with Crippen LogP contribution in [0.2, 0.25) is 0 Å². The van der Waals surface area contributed by atoms with E-state index in [4.69, 9.17) is 15.0 Å². The van der Waals surface area contributed by atoms with Crippen LogP contribution in [0.4, 0.5) is 0 Å². The Balaban J connectivity index is 1.39. The molecule has 2 fully saturated rings. The second-order valence-corrected chi connectivity index (χ2v) is 10.7. The molecule has 0 radical (unpaired) electrons. The van der Waals surface area contributed by atoms with Crippen LogP contribution in [0.3, 0.4) is 0 Å². The molecular formula is C32H38N4O. The Hall–Kier alpha value is -3.36. The van der Waals surface area contributed by atoms with Crippen LogP contribution < -0.4 is 0 Å². The van der Waals surface area contributed by atoms with E-state index in [-0.39, 0.29) is 0 Å². The molecule has 1 aliphatic carbocycles. The van der Waals surface area contributed by atoms with Crippen LogP contribution in [-0.2, 0) is 11.3 Å². The van der Waals surface area contributed by atoms with Gasteiger partial charge >= 0.3 is 0 Å². The van der Waals surface area contributed by atoms with Gasteiger partial charge in [-0.1, -0.05) is 44.0 Å². The Morgan fingerprint density at radius 3 is 2.49 bits per heavy atom. The van der Waals surface area contributed by atoms with Crippen molar-refractivity contribution < 1.29 is 4.74 Å². The number of imidazole rings is 1. The Bertz CT molecular complexity index is 1270. The largest absolute Gasteiger partial charge is 0.378 e. The quantitative estimate of drug-likeness (QED) is 0.374. The maximum atomic E-state index is 9.10. The summed E-state index contributed by atoms with van der Waals surface area (Å²) in [6.45, 7) is 9.32. The standard InChI is InChI=1S/C32H38N4O/c1-22-17-30(27-7-5-4-6-8-27)31(32-34-20-28(35-32)21-37-3)18-29(22)23(2)36-15-13-26(14-16-36)25-11-9-24(19-33)10-12-25/h9-12,17-18,20,26-27H,2,4-8,13-16,21H2,1,3H3,(H,34,35). The third-order valence-electron chi connectivity index (χ3n) is 8.32. The first-order valence-electron chi connectivity index (χ1n) is 13.7. The van der Waals surface area contributed by atoms with Crippen molar-refractivity contribution in [2.24, 2.45) is 0 Å². The number of nitrogens with zero attached hydrogens (tertiary/aromatic N) is 3. The summed E-state index contributed by atoms with van der Waals surface area (Å²) in [5, 5.41) is 9.10. The van der Waals surface area contributed by atoms with Crippen molar-refractivity contribution in [3.8, 4) is 17.5 Å². The van der Waals surface area contributed by atoms with Gasteiger partial charge < -0.3 is 14.6 Å². The summed E-state index contributed by atoms with van der Waals surface area (Å²) >= 11 is 0. The van der Waals surface area contributed by atoms with E-state index in [1.54, 1.807) is 7.11 Å². The van der Waals surface area contributed by atoms with Gasteiger partial charge in [-0.3, -0.25) is 0 Å². The molecule has 5 rings (SSSR count). The number of aromatic amines is 1. The van der Waals surface area contributed by atoms with Crippen LogP contribution in [0, 0.1) is 18.3 Å². The molecule has 1 aliphatic heterocycles. The number of nitrogens with one attached hydrogen (secondary N) is 1. The van der Waals surface area contributed by atoms with Crippen molar-refractivity contribution in [1.82, 2.24) is 14.9 Å². The first-order chi connectivity index (χ1) is 18.1. The van der Waals surface area contributed by atoms with Gasteiger partial charge in [-0.2, -0.15) is 5.26 Å². The maximum Gasteiger partial charge on any atom is 0.137 e. The summed E-state index contributed by atoms with van der Waals surface area (Å²) in [4.78, 5) is 10.7. The molecule has 2 heterocycles. The Labute approximate surface area is 221 Å². The van der Waals surface area contributed by atoms with Gasteiger partial charge in [-0.15, -0.1) is 0 Å². The van der Waals surface area contributed by atoms with Crippen LogP contribution >= 0.6 is 0 Å². The summed E-state index contributed by atoms with van der Waals surface area (Å²) < 4.78 is 5.33. The minimum absolute atomic E-state index is 0.532. The normalized spacial score (nSPS) is 17.1. The number of hydrogen-bond acceptors (Lipinski definition) is 4. The molecule has 0 amide bonds. The molecule has 192 valence electrons. The molecule has 1 N–H and O–H groups in total. The lowest BCUT2D eigenvalue weighted by molar-refractivity contribution is 0.182. The fraction of sp³-hybridized carbons (Fsp3) is 0.438. The smallest absolute Gasteiger partial charge is 0.137 e. The first kappa shape index (κ1) is 25.3. The topological polar surface area (TPSA) is 64.9 Å². The molecule has 5 heteroatoms. The molecular weight excluding hydrogens is 456 g/mol. The molecule has 1 saturated carbocycles. The number of benzene rings is 2. The lowest BCUT2D eigenvalue weighted by Crippen LogP contribution is -2.31. The summed E-state index contributed by atoms with van der Waals surface area (Å²) in [6.07, 6.45) is 10.5. The summed E-state index contributed by atoms with van der Waals surface area (Å²) in [7, 11) is 1.71. The lowest BCUT2D eigenvalue weighted by atomic mass is 9.80. The maximum absolute atomic E-state index is 9.10. The number of H-pyrrole nitrogens is 1. The fourth-order valence-corrected chi connectivity index (χ4v) is 6.21. The Morgan fingerprint density at radius 1 is 1.08 bits per heavy atom. The number of rotatable bonds is 7. The van der Waals surface area contributed by atoms with Gasteiger partial charge in [0.1, 0.15) is 5.82 Å². The van der Waals surface area contributed by atoms with Crippen molar-refractivity contribution in [2.75, 3.05) is 20.2 Å². The van der Waals surface area contributed by atoms with Crippen LogP contribution in [0.15, 0.2) is 49.2 Å². The number of nitriles is 1. The summed E-state index contributed by atoms with van der Waals surface area (Å²) in [6, 6.07) is 15.1. The Kier molecular flexibility index (Phi) is 7.76. The number of methoxy groups -OCH3 is 1. The highest BCUT2D eigenvalue weighted by Crippen LogP contribution is 2.41. The molecule has 0 bridgehead atoms. The zero-order chi connectivity index (χ0) is 25.8. The van der Waals surface area contributed by atoms with Gasteiger partial charge in [-0.05, 0) is 79.3 Å². The van der Waals surface area contributed by atoms with Crippen LogP contribution in [0.5, 0.6) is 0 Å². The average molecular weight is 495 g/mol. The van der Waals surface area contributed by atoms with E-state index in [0.29, 0.717) is 18.4 Å². The number of ether oxygens (including phenoxy) is 1. The van der Waals surface area contributed by atoms with Crippen LogP contribution in [-0.4, -0.2) is 35.1 Å². The van der Waals surface area contributed by atoms with Crippen LogP contribution in [0.25, 0.3) is 17.1 Å². The molecule has 3 aromatic rings. The minimum atomic E-state index is 0.532. The van der Waals surface area contributed by atoms with Gasteiger partial charge in [0.2, 0.25) is 0 Å². The van der Waals surface area contributed by atoms with Crippen molar-refractivity contribution in [3.63, 3.8) is 0 Å². The van der Waals surface area contributed by atoms with Gasteiger partial charge in [0.05, 0.1) is 30.1 Å². The first-order valence-corrected chi connectivity index (χ1v) is 13.7. The zero-order valence-corrected chi connectivity index (χ0v) is 22.2. The van der Waals surface area contributed by atoms with Crippen LogP contribution in [0.1, 0.15) is 90.3 Å². The number of aromatic nitrogens is 2. The van der Waals surface area contributed by atoms with E-state index in [2.05, 4.69) is 53.7 Å². The highest BCUT2D eigenvalue weighted by atomic mass is 16.5. The molecule has 1 aromatic heterocycles. The molecule has 2 aliphatic rings. The third-order valence-corrected chi connectivity index (χ3v) is 8.32. The fourth-order valence-electron chi connectivity index (χ4n) is 6.21. The highest BCUT2D eigenvalue weighted by molar-refractivity contribution is 5.73. The third kappa shape index (κ3) is 5.50. The SMILES string of the molecule is C=C(c1cc(-c2ncc(COC)[nH]2)c(C2CCCCC2)cc1C)N1CCC(c2ccc(C#N)cc2)CC1. The van der Waals surface area contributed by atoms with E-state index >= 15 is 0 Å². The number of piperidine rings is 1. The second kappa shape index (κ2) is 11.4. The molecule has 0 atom stereocenters. The highest BCUT2D eigenvalue weighted by Gasteiger charge is 2.26.